The zero-order valence-corrected chi connectivity index (χ0v) is 6.25. The highest BCUT2D eigenvalue weighted by molar-refractivity contribution is 4.83. The van der Waals surface area contributed by atoms with Crippen LogP contribution in [0.2, 0.25) is 0 Å². The van der Waals surface area contributed by atoms with Crippen LogP contribution in [-0.4, -0.2) is 19.3 Å². The molecule has 0 spiro atoms. The number of nitrogens with two attached hydrogens (primary N) is 1. The van der Waals surface area contributed by atoms with Crippen molar-refractivity contribution in [2.24, 2.45) is 5.73 Å². The van der Waals surface area contributed by atoms with Gasteiger partial charge in [-0.2, -0.15) is 0 Å². The van der Waals surface area contributed by atoms with E-state index in [1.54, 1.807) is 0 Å². The van der Waals surface area contributed by atoms with E-state index in [2.05, 4.69) is 0 Å². The first-order valence-electron chi connectivity index (χ1n) is 3.90. The van der Waals surface area contributed by atoms with E-state index in [9.17, 15) is 0 Å². The predicted octanol–water partition coefficient (Wildman–Crippen LogP) is 1.07. The lowest BCUT2D eigenvalue weighted by Crippen LogP contribution is -2.21. The maximum absolute atomic E-state index is 5.44. The highest BCUT2D eigenvalue weighted by Gasteiger charge is 2.16. The Morgan fingerprint density at radius 1 is 1.40 bits per heavy atom. The zero-order chi connectivity index (χ0) is 7.23. The Morgan fingerprint density at radius 3 is 2.70 bits per heavy atom. The molecule has 1 saturated carbocycles. The molecule has 0 aromatic rings. The highest BCUT2D eigenvalue weighted by Crippen LogP contribution is 2.21. The summed E-state index contributed by atoms with van der Waals surface area (Å²) in [5.74, 6) is 0. The largest absolute Gasteiger partial charge is 0.374 e. The van der Waals surface area contributed by atoms with E-state index < -0.39 is 0 Å². The van der Waals surface area contributed by atoms with Crippen molar-refractivity contribution < 1.29 is 4.74 Å². The van der Waals surface area contributed by atoms with Crippen molar-refractivity contribution in [2.75, 3.05) is 13.2 Å². The summed E-state index contributed by atoms with van der Waals surface area (Å²) in [6, 6.07) is 0. The minimum absolute atomic E-state index is 0.544. The van der Waals surface area contributed by atoms with E-state index in [0.29, 0.717) is 12.6 Å². The smallest absolute Gasteiger partial charge is 0.0651 e. The van der Waals surface area contributed by atoms with Gasteiger partial charge in [0.25, 0.3) is 0 Å². The number of rotatable bonds is 4. The summed E-state index contributed by atoms with van der Waals surface area (Å²) in [5, 5.41) is 0. The second kappa shape index (κ2) is 4.47. The van der Waals surface area contributed by atoms with Gasteiger partial charge in [-0.25, -0.2) is 0 Å². The van der Waals surface area contributed by atoms with Gasteiger partial charge in [0.15, 0.2) is 0 Å². The Bertz CT molecular complexity index is 108. The van der Waals surface area contributed by atoms with Crippen LogP contribution in [0.15, 0.2) is 12.2 Å². The molecule has 0 aromatic heterocycles. The molecular formula is C8H15NO. The summed E-state index contributed by atoms with van der Waals surface area (Å²) in [6.07, 6.45) is 8.29. The molecule has 2 nitrogen and oxygen atoms in total. The standard InChI is InChI=1S/C8H15NO/c9-6-1-2-7-10-8-4-3-5-8/h1-2,8H,3-7,9H2. The minimum atomic E-state index is 0.544. The van der Waals surface area contributed by atoms with Crippen molar-refractivity contribution in [3.05, 3.63) is 12.2 Å². The SMILES string of the molecule is NCC=CCOC1CCC1. The number of hydrogen-bond donors (Lipinski definition) is 1. The fourth-order valence-corrected chi connectivity index (χ4v) is 0.893. The molecule has 0 heterocycles. The molecule has 2 heteroatoms. The molecule has 0 amide bonds. The van der Waals surface area contributed by atoms with E-state index in [4.69, 9.17) is 10.5 Å². The Hall–Kier alpha value is -0.340. The van der Waals surface area contributed by atoms with Gasteiger partial charge in [0.1, 0.15) is 0 Å². The lowest BCUT2D eigenvalue weighted by atomic mass is 9.96. The summed E-state index contributed by atoms with van der Waals surface area (Å²) < 4.78 is 5.44. The zero-order valence-electron chi connectivity index (χ0n) is 6.25. The molecule has 0 radical (unpaired) electrons. The van der Waals surface area contributed by atoms with Crippen molar-refractivity contribution >= 4 is 0 Å². The van der Waals surface area contributed by atoms with Crippen LogP contribution < -0.4 is 5.73 Å². The molecule has 1 aliphatic rings. The van der Waals surface area contributed by atoms with E-state index in [1.807, 2.05) is 12.2 Å². The first kappa shape index (κ1) is 7.76. The molecule has 10 heavy (non-hydrogen) atoms. The fraction of sp³-hybridized carbons (Fsp3) is 0.750. The molecule has 1 rings (SSSR count). The van der Waals surface area contributed by atoms with Gasteiger partial charge in [-0.05, 0) is 19.3 Å². The molecule has 1 fully saturated rings. The van der Waals surface area contributed by atoms with Gasteiger partial charge in [-0.1, -0.05) is 12.2 Å². The summed E-state index contributed by atoms with van der Waals surface area (Å²) in [7, 11) is 0. The van der Waals surface area contributed by atoms with Gasteiger partial charge in [0, 0.05) is 6.54 Å². The third-order valence-corrected chi connectivity index (χ3v) is 1.78. The quantitative estimate of drug-likeness (QED) is 0.594. The summed E-state index contributed by atoms with van der Waals surface area (Å²) in [4.78, 5) is 0. The van der Waals surface area contributed by atoms with Crippen LogP contribution >= 0.6 is 0 Å². The van der Waals surface area contributed by atoms with Gasteiger partial charge < -0.3 is 10.5 Å². The Balaban J connectivity index is 1.89. The molecule has 1 aliphatic carbocycles. The second-order valence-electron chi connectivity index (χ2n) is 2.59. The van der Waals surface area contributed by atoms with Gasteiger partial charge >= 0.3 is 0 Å². The molecule has 0 saturated heterocycles. The molecule has 0 aliphatic heterocycles. The highest BCUT2D eigenvalue weighted by atomic mass is 16.5. The van der Waals surface area contributed by atoms with Crippen LogP contribution in [0.3, 0.4) is 0 Å². The van der Waals surface area contributed by atoms with Crippen molar-refractivity contribution in [2.45, 2.75) is 25.4 Å². The van der Waals surface area contributed by atoms with Crippen molar-refractivity contribution in [1.82, 2.24) is 0 Å². The monoisotopic (exact) mass is 141 g/mol. The molecule has 2 N–H and O–H groups in total. The predicted molar refractivity (Wildman–Crippen MR) is 41.8 cm³/mol. The first-order valence-corrected chi connectivity index (χ1v) is 3.90. The fourth-order valence-electron chi connectivity index (χ4n) is 0.893. The van der Waals surface area contributed by atoms with Gasteiger partial charge in [-0.15, -0.1) is 0 Å². The Labute approximate surface area is 62.1 Å². The maximum Gasteiger partial charge on any atom is 0.0651 e. The normalized spacial score (nSPS) is 19.7. The third-order valence-electron chi connectivity index (χ3n) is 1.78. The lowest BCUT2D eigenvalue weighted by molar-refractivity contribution is 0.0188. The Kier molecular flexibility index (Phi) is 3.47. The van der Waals surface area contributed by atoms with Crippen molar-refractivity contribution in [3.8, 4) is 0 Å². The van der Waals surface area contributed by atoms with Crippen LogP contribution in [0.1, 0.15) is 19.3 Å². The second-order valence-corrected chi connectivity index (χ2v) is 2.59. The average molecular weight is 141 g/mol. The van der Waals surface area contributed by atoms with Crippen LogP contribution in [0, 0.1) is 0 Å². The molecule has 0 atom stereocenters. The Morgan fingerprint density at radius 2 is 2.20 bits per heavy atom. The van der Waals surface area contributed by atoms with Gasteiger partial charge in [-0.3, -0.25) is 0 Å². The topological polar surface area (TPSA) is 35.2 Å². The third kappa shape index (κ3) is 2.50. The van der Waals surface area contributed by atoms with Crippen LogP contribution in [0.5, 0.6) is 0 Å². The summed E-state index contributed by atoms with van der Waals surface area (Å²) in [5.41, 5.74) is 5.25. The summed E-state index contributed by atoms with van der Waals surface area (Å²) >= 11 is 0. The van der Waals surface area contributed by atoms with Crippen LogP contribution in [0.4, 0.5) is 0 Å². The van der Waals surface area contributed by atoms with Gasteiger partial charge in [0.2, 0.25) is 0 Å². The molecule has 0 aromatic carbocycles. The van der Waals surface area contributed by atoms with Crippen LogP contribution in [-0.2, 0) is 4.74 Å². The molecule has 0 unspecified atom stereocenters. The lowest BCUT2D eigenvalue weighted by Gasteiger charge is -2.24. The minimum Gasteiger partial charge on any atom is -0.374 e. The van der Waals surface area contributed by atoms with E-state index >= 15 is 0 Å². The number of hydrogen-bond acceptors (Lipinski definition) is 2. The van der Waals surface area contributed by atoms with E-state index in [0.717, 1.165) is 6.61 Å². The number of ether oxygens (including phenoxy) is 1. The van der Waals surface area contributed by atoms with Crippen molar-refractivity contribution in [1.29, 1.82) is 0 Å². The molecule has 58 valence electrons. The molecular weight excluding hydrogens is 126 g/mol. The van der Waals surface area contributed by atoms with Gasteiger partial charge in [0.05, 0.1) is 12.7 Å². The maximum atomic E-state index is 5.44. The average Bonchev–Trinajstić information content (AvgIpc) is 1.84. The summed E-state index contributed by atoms with van der Waals surface area (Å²) in [6.45, 7) is 1.36. The first-order chi connectivity index (χ1) is 4.93. The van der Waals surface area contributed by atoms with E-state index in [1.165, 1.54) is 19.3 Å². The van der Waals surface area contributed by atoms with Crippen molar-refractivity contribution in [3.63, 3.8) is 0 Å². The molecule has 0 bridgehead atoms. The van der Waals surface area contributed by atoms with Crippen LogP contribution in [0.25, 0.3) is 0 Å². The van der Waals surface area contributed by atoms with E-state index in [-0.39, 0.29) is 0 Å².